The van der Waals surface area contributed by atoms with Gasteiger partial charge in [0.1, 0.15) is 0 Å². The van der Waals surface area contributed by atoms with Crippen molar-refractivity contribution in [1.29, 1.82) is 0 Å². The summed E-state index contributed by atoms with van der Waals surface area (Å²) < 4.78 is 0. The molecule has 1 amide bonds. The fourth-order valence-electron chi connectivity index (χ4n) is 3.03. The Morgan fingerprint density at radius 1 is 1.25 bits per heavy atom. The van der Waals surface area contributed by atoms with Crippen molar-refractivity contribution in [2.24, 2.45) is 5.92 Å². The molecule has 20 heavy (non-hydrogen) atoms. The summed E-state index contributed by atoms with van der Waals surface area (Å²) in [5.74, 6) is 0.649. The first-order chi connectivity index (χ1) is 9.72. The minimum atomic E-state index is 0.244. The monoisotopic (exact) mass is 282 g/mol. The second-order valence-corrected chi connectivity index (χ2v) is 6.18. The minimum absolute atomic E-state index is 0.244. The Hall–Kier alpha value is -0.570. The highest BCUT2D eigenvalue weighted by atomic mass is 16.2. The van der Waals surface area contributed by atoms with Gasteiger partial charge >= 0.3 is 0 Å². The SMILES string of the molecule is CCCCC(CC)C(=O)N(CCCC)CC1CCCN1. The minimum Gasteiger partial charge on any atom is -0.341 e. The van der Waals surface area contributed by atoms with Gasteiger partial charge in [-0.15, -0.1) is 0 Å². The zero-order valence-electron chi connectivity index (χ0n) is 13.8. The van der Waals surface area contributed by atoms with E-state index >= 15 is 0 Å². The van der Waals surface area contributed by atoms with Crippen molar-refractivity contribution < 1.29 is 4.79 Å². The maximum Gasteiger partial charge on any atom is 0.225 e. The van der Waals surface area contributed by atoms with Crippen molar-refractivity contribution in [1.82, 2.24) is 10.2 Å². The van der Waals surface area contributed by atoms with Gasteiger partial charge in [0.25, 0.3) is 0 Å². The van der Waals surface area contributed by atoms with Crippen LogP contribution in [0, 0.1) is 5.92 Å². The second-order valence-electron chi connectivity index (χ2n) is 6.18. The van der Waals surface area contributed by atoms with E-state index in [1.54, 1.807) is 0 Å². The summed E-state index contributed by atoms with van der Waals surface area (Å²) in [7, 11) is 0. The van der Waals surface area contributed by atoms with Crippen molar-refractivity contribution in [2.75, 3.05) is 19.6 Å². The molecule has 1 fully saturated rings. The molecule has 0 aliphatic carbocycles. The zero-order valence-corrected chi connectivity index (χ0v) is 13.8. The number of nitrogens with zero attached hydrogens (tertiary/aromatic N) is 1. The molecule has 1 N–H and O–H groups in total. The van der Waals surface area contributed by atoms with Crippen LogP contribution in [0.1, 0.15) is 72.1 Å². The smallest absolute Gasteiger partial charge is 0.225 e. The third-order valence-corrected chi connectivity index (χ3v) is 4.44. The topological polar surface area (TPSA) is 32.3 Å². The van der Waals surface area contributed by atoms with E-state index in [0.717, 1.165) is 45.3 Å². The molecule has 0 aromatic rings. The van der Waals surface area contributed by atoms with Gasteiger partial charge in [-0.1, -0.05) is 40.0 Å². The van der Waals surface area contributed by atoms with E-state index in [1.165, 1.54) is 25.7 Å². The van der Waals surface area contributed by atoms with E-state index in [0.29, 0.717) is 11.9 Å². The van der Waals surface area contributed by atoms with Gasteiger partial charge in [-0.3, -0.25) is 4.79 Å². The Morgan fingerprint density at radius 2 is 2.00 bits per heavy atom. The largest absolute Gasteiger partial charge is 0.341 e. The van der Waals surface area contributed by atoms with E-state index in [-0.39, 0.29) is 5.92 Å². The van der Waals surface area contributed by atoms with Gasteiger partial charge in [-0.25, -0.2) is 0 Å². The first-order valence-corrected chi connectivity index (χ1v) is 8.75. The molecular formula is C17H34N2O. The standard InChI is InChI=1S/C17H34N2O/c1-4-7-10-15(6-3)17(20)19(13-8-5-2)14-16-11-9-12-18-16/h15-16,18H,4-14H2,1-3H3. The lowest BCUT2D eigenvalue weighted by Crippen LogP contribution is -2.44. The van der Waals surface area contributed by atoms with Crippen LogP contribution < -0.4 is 5.32 Å². The Balaban J connectivity index is 2.55. The van der Waals surface area contributed by atoms with E-state index < -0.39 is 0 Å². The van der Waals surface area contributed by atoms with E-state index in [1.807, 2.05) is 0 Å². The lowest BCUT2D eigenvalue weighted by Gasteiger charge is -2.29. The number of carbonyl (C=O) groups excluding carboxylic acids is 1. The molecule has 118 valence electrons. The summed E-state index contributed by atoms with van der Waals surface area (Å²) in [6.45, 7) is 9.54. The van der Waals surface area contributed by atoms with Crippen LogP contribution >= 0.6 is 0 Å². The first kappa shape index (κ1) is 17.5. The van der Waals surface area contributed by atoms with Crippen molar-refractivity contribution in [3.63, 3.8) is 0 Å². The second kappa shape index (κ2) is 10.2. The van der Waals surface area contributed by atoms with Crippen molar-refractivity contribution in [3.05, 3.63) is 0 Å². The molecule has 2 unspecified atom stereocenters. The normalized spacial score (nSPS) is 20.1. The van der Waals surface area contributed by atoms with Gasteiger partial charge in [0.15, 0.2) is 0 Å². The summed E-state index contributed by atoms with van der Waals surface area (Å²) in [6.07, 6.45) is 9.17. The number of unbranched alkanes of at least 4 members (excludes halogenated alkanes) is 2. The quantitative estimate of drug-likeness (QED) is 0.664. The van der Waals surface area contributed by atoms with Crippen LogP contribution in [-0.2, 0) is 4.79 Å². The lowest BCUT2D eigenvalue weighted by molar-refractivity contribution is -0.136. The first-order valence-electron chi connectivity index (χ1n) is 8.75. The van der Waals surface area contributed by atoms with Gasteiger partial charge in [0.05, 0.1) is 0 Å². The van der Waals surface area contributed by atoms with E-state index in [2.05, 4.69) is 31.0 Å². The molecule has 0 saturated carbocycles. The third kappa shape index (κ3) is 5.82. The van der Waals surface area contributed by atoms with E-state index in [4.69, 9.17) is 0 Å². The molecule has 1 rings (SSSR count). The van der Waals surface area contributed by atoms with Crippen molar-refractivity contribution in [3.8, 4) is 0 Å². The number of hydrogen-bond acceptors (Lipinski definition) is 2. The van der Waals surface area contributed by atoms with Gasteiger partial charge in [0, 0.05) is 25.0 Å². The maximum absolute atomic E-state index is 12.8. The molecule has 2 atom stereocenters. The van der Waals surface area contributed by atoms with Crippen LogP contribution in [0.25, 0.3) is 0 Å². The zero-order chi connectivity index (χ0) is 14.8. The fraction of sp³-hybridized carbons (Fsp3) is 0.941. The molecule has 0 aromatic heterocycles. The molecule has 1 aliphatic heterocycles. The molecule has 1 aliphatic rings. The van der Waals surface area contributed by atoms with Gasteiger partial charge in [-0.2, -0.15) is 0 Å². The summed E-state index contributed by atoms with van der Waals surface area (Å²) in [4.78, 5) is 14.9. The third-order valence-electron chi connectivity index (χ3n) is 4.44. The molecule has 3 heteroatoms. The summed E-state index contributed by atoms with van der Waals surface area (Å²) in [5.41, 5.74) is 0. The molecule has 0 bridgehead atoms. The van der Waals surface area contributed by atoms with Gasteiger partial charge < -0.3 is 10.2 Å². The maximum atomic E-state index is 12.8. The highest BCUT2D eigenvalue weighted by Crippen LogP contribution is 2.18. The predicted molar refractivity (Wildman–Crippen MR) is 85.8 cm³/mol. The Labute approximate surface area is 125 Å². The number of hydrogen-bond donors (Lipinski definition) is 1. The van der Waals surface area contributed by atoms with Crippen molar-refractivity contribution >= 4 is 5.91 Å². The number of nitrogens with one attached hydrogen (secondary N) is 1. The highest BCUT2D eigenvalue weighted by molar-refractivity contribution is 5.78. The summed E-state index contributed by atoms with van der Waals surface area (Å²) in [6, 6.07) is 0.527. The predicted octanol–water partition coefficient (Wildman–Crippen LogP) is 3.58. The van der Waals surface area contributed by atoms with Crippen LogP contribution in [0.5, 0.6) is 0 Å². The number of rotatable bonds is 10. The Kier molecular flexibility index (Phi) is 8.92. The molecule has 0 radical (unpaired) electrons. The molecule has 3 nitrogen and oxygen atoms in total. The van der Waals surface area contributed by atoms with Crippen LogP contribution in [0.15, 0.2) is 0 Å². The number of amides is 1. The fourth-order valence-corrected chi connectivity index (χ4v) is 3.03. The highest BCUT2D eigenvalue weighted by Gasteiger charge is 2.25. The van der Waals surface area contributed by atoms with Gasteiger partial charge in [0.2, 0.25) is 5.91 Å². The Morgan fingerprint density at radius 3 is 2.55 bits per heavy atom. The molecular weight excluding hydrogens is 248 g/mol. The molecule has 0 aromatic carbocycles. The summed E-state index contributed by atoms with van der Waals surface area (Å²) in [5, 5.41) is 3.52. The average Bonchev–Trinajstić information content (AvgIpc) is 2.97. The van der Waals surface area contributed by atoms with Crippen LogP contribution in [0.4, 0.5) is 0 Å². The summed E-state index contributed by atoms with van der Waals surface area (Å²) >= 11 is 0. The number of carbonyl (C=O) groups is 1. The van der Waals surface area contributed by atoms with Crippen LogP contribution in [0.2, 0.25) is 0 Å². The van der Waals surface area contributed by atoms with Crippen LogP contribution in [-0.4, -0.2) is 36.5 Å². The molecule has 1 saturated heterocycles. The van der Waals surface area contributed by atoms with E-state index in [9.17, 15) is 4.79 Å². The van der Waals surface area contributed by atoms with Crippen molar-refractivity contribution in [2.45, 2.75) is 78.2 Å². The van der Waals surface area contributed by atoms with Gasteiger partial charge in [-0.05, 0) is 38.6 Å². The molecule has 1 heterocycles. The average molecular weight is 282 g/mol. The van der Waals surface area contributed by atoms with Crippen LogP contribution in [0.3, 0.4) is 0 Å². The lowest BCUT2D eigenvalue weighted by atomic mass is 9.97. The Bertz CT molecular complexity index is 262. The molecule has 0 spiro atoms.